The van der Waals surface area contributed by atoms with Gasteiger partial charge < -0.3 is 20.7 Å². The van der Waals surface area contributed by atoms with E-state index in [1.807, 2.05) is 0 Å². The lowest BCUT2D eigenvalue weighted by Gasteiger charge is -2.22. The fraction of sp³-hybridized carbons (Fsp3) is 0.385. The Hall–Kier alpha value is -1.63. The number of hydrogen-bond donors (Lipinski definition) is 3. The smallest absolute Gasteiger partial charge is 0.251 e. The molecule has 1 aliphatic heterocycles. The van der Waals surface area contributed by atoms with E-state index in [0.29, 0.717) is 31.0 Å². The van der Waals surface area contributed by atoms with Crippen molar-refractivity contribution >= 4 is 29.9 Å². The maximum absolute atomic E-state index is 12.0. The molecule has 3 N–H and O–H groups in total. The van der Waals surface area contributed by atoms with Gasteiger partial charge in [0.05, 0.1) is 13.2 Å². The first-order valence-corrected chi connectivity index (χ1v) is 6.15. The average Bonchev–Trinajstić information content (AvgIpc) is 2.47. The molecule has 0 bridgehead atoms. The highest BCUT2D eigenvalue weighted by molar-refractivity contribution is 5.98. The van der Waals surface area contributed by atoms with Gasteiger partial charge in [0.2, 0.25) is 5.91 Å². The summed E-state index contributed by atoms with van der Waals surface area (Å²) in [5.41, 5.74) is 1.10. The van der Waals surface area contributed by atoms with Crippen molar-refractivity contribution in [3.63, 3.8) is 0 Å². The molecule has 2 rings (SSSR count). The van der Waals surface area contributed by atoms with E-state index in [9.17, 15) is 9.59 Å². The molecule has 7 heteroatoms. The van der Waals surface area contributed by atoms with Gasteiger partial charge in [-0.1, -0.05) is 6.07 Å². The molecule has 1 aromatic carbocycles. The highest BCUT2D eigenvalue weighted by Gasteiger charge is 2.21. The maximum atomic E-state index is 12.0. The van der Waals surface area contributed by atoms with Crippen LogP contribution >= 0.6 is 12.4 Å². The molecule has 0 aliphatic carbocycles. The second-order valence-electron chi connectivity index (χ2n) is 4.23. The van der Waals surface area contributed by atoms with Gasteiger partial charge in [0, 0.05) is 24.8 Å². The minimum atomic E-state index is -0.350. The van der Waals surface area contributed by atoms with Crippen molar-refractivity contribution in [1.29, 1.82) is 0 Å². The normalized spacial score (nSPS) is 17.8. The van der Waals surface area contributed by atoms with Crippen LogP contribution in [0.15, 0.2) is 24.3 Å². The number of hydrogen-bond acceptors (Lipinski definition) is 4. The van der Waals surface area contributed by atoms with Gasteiger partial charge in [0.1, 0.15) is 6.04 Å². The fourth-order valence-corrected chi connectivity index (χ4v) is 1.85. The second-order valence-corrected chi connectivity index (χ2v) is 4.23. The number of rotatable bonds is 3. The molecule has 0 spiro atoms. The lowest BCUT2D eigenvalue weighted by atomic mass is 10.1. The molecule has 1 saturated heterocycles. The number of anilines is 1. The number of carbonyl (C=O) groups excluding carboxylic acids is 2. The first-order chi connectivity index (χ1) is 9.20. The van der Waals surface area contributed by atoms with Crippen LogP contribution in [-0.4, -0.2) is 44.7 Å². The molecule has 110 valence electrons. The zero-order valence-corrected chi connectivity index (χ0v) is 12.0. The van der Waals surface area contributed by atoms with E-state index >= 15 is 0 Å². The highest BCUT2D eigenvalue weighted by Crippen LogP contribution is 2.11. The SMILES string of the molecule is CNC(=O)c1cccc(NC(=O)C2COCCN2)c1.Cl. The van der Waals surface area contributed by atoms with Crippen LogP contribution in [0.4, 0.5) is 5.69 Å². The van der Waals surface area contributed by atoms with Crippen molar-refractivity contribution in [1.82, 2.24) is 10.6 Å². The van der Waals surface area contributed by atoms with Gasteiger partial charge in [-0.05, 0) is 18.2 Å². The molecule has 0 saturated carbocycles. The molecular formula is C13H18ClN3O3. The molecular weight excluding hydrogens is 282 g/mol. The third-order valence-corrected chi connectivity index (χ3v) is 2.86. The zero-order chi connectivity index (χ0) is 13.7. The number of halogens is 1. The molecule has 1 atom stereocenters. The van der Waals surface area contributed by atoms with E-state index in [2.05, 4.69) is 16.0 Å². The summed E-state index contributed by atoms with van der Waals surface area (Å²) in [5, 5.41) is 8.38. The molecule has 1 heterocycles. The summed E-state index contributed by atoms with van der Waals surface area (Å²) in [6, 6.07) is 6.45. The molecule has 0 radical (unpaired) electrons. The Bertz CT molecular complexity index is 476. The quantitative estimate of drug-likeness (QED) is 0.754. The van der Waals surface area contributed by atoms with Gasteiger partial charge in [0.25, 0.3) is 5.91 Å². The Morgan fingerprint density at radius 3 is 2.85 bits per heavy atom. The predicted octanol–water partition coefficient (Wildman–Crippen LogP) is 0.395. The van der Waals surface area contributed by atoms with E-state index in [1.165, 1.54) is 0 Å². The predicted molar refractivity (Wildman–Crippen MR) is 78.3 cm³/mol. The van der Waals surface area contributed by atoms with E-state index < -0.39 is 0 Å². The van der Waals surface area contributed by atoms with Crippen molar-refractivity contribution in [2.24, 2.45) is 0 Å². The van der Waals surface area contributed by atoms with Crippen LogP contribution in [-0.2, 0) is 9.53 Å². The number of amides is 2. The largest absolute Gasteiger partial charge is 0.378 e. The summed E-state index contributed by atoms with van der Waals surface area (Å²) in [6.45, 7) is 1.65. The number of ether oxygens (including phenoxy) is 1. The van der Waals surface area contributed by atoms with Crippen LogP contribution in [0.3, 0.4) is 0 Å². The van der Waals surface area contributed by atoms with Gasteiger partial charge in [-0.2, -0.15) is 0 Å². The van der Waals surface area contributed by atoms with Gasteiger partial charge in [-0.3, -0.25) is 9.59 Å². The summed E-state index contributed by atoms with van der Waals surface area (Å²) in [5.74, 6) is -0.344. The summed E-state index contributed by atoms with van der Waals surface area (Å²) in [7, 11) is 1.57. The van der Waals surface area contributed by atoms with Crippen molar-refractivity contribution in [3.8, 4) is 0 Å². The molecule has 1 fully saturated rings. The molecule has 20 heavy (non-hydrogen) atoms. The lowest BCUT2D eigenvalue weighted by molar-refractivity contribution is -0.120. The van der Waals surface area contributed by atoms with Crippen molar-refractivity contribution in [2.75, 3.05) is 32.1 Å². The molecule has 1 unspecified atom stereocenters. The third kappa shape index (κ3) is 4.19. The monoisotopic (exact) mass is 299 g/mol. The number of carbonyl (C=O) groups is 2. The number of morpholine rings is 1. The van der Waals surface area contributed by atoms with E-state index in [4.69, 9.17) is 4.74 Å². The fourth-order valence-electron chi connectivity index (χ4n) is 1.85. The van der Waals surface area contributed by atoms with Crippen LogP contribution in [0.5, 0.6) is 0 Å². The number of benzene rings is 1. The van der Waals surface area contributed by atoms with Gasteiger partial charge in [0.15, 0.2) is 0 Å². The molecule has 2 amide bonds. The number of nitrogens with one attached hydrogen (secondary N) is 3. The van der Waals surface area contributed by atoms with Crippen LogP contribution in [0, 0.1) is 0 Å². The van der Waals surface area contributed by atoms with E-state index in [1.54, 1.807) is 31.3 Å². The molecule has 0 aromatic heterocycles. The van der Waals surface area contributed by atoms with E-state index in [0.717, 1.165) is 0 Å². The Balaban J connectivity index is 0.00000200. The topological polar surface area (TPSA) is 79.5 Å². The first-order valence-electron chi connectivity index (χ1n) is 6.15. The van der Waals surface area contributed by atoms with Crippen LogP contribution in [0.25, 0.3) is 0 Å². The van der Waals surface area contributed by atoms with Crippen molar-refractivity contribution in [2.45, 2.75) is 6.04 Å². The van der Waals surface area contributed by atoms with Crippen LogP contribution < -0.4 is 16.0 Å². The summed E-state index contributed by atoms with van der Waals surface area (Å²) in [4.78, 5) is 23.5. The Kier molecular flexibility index (Phi) is 6.44. The zero-order valence-electron chi connectivity index (χ0n) is 11.1. The van der Waals surface area contributed by atoms with Gasteiger partial charge in [-0.15, -0.1) is 12.4 Å². The van der Waals surface area contributed by atoms with Crippen LogP contribution in [0.1, 0.15) is 10.4 Å². The standard InChI is InChI=1S/C13H17N3O3.ClH/c1-14-12(17)9-3-2-4-10(7-9)16-13(18)11-8-19-6-5-15-11;/h2-4,7,11,15H,5-6,8H2,1H3,(H,14,17)(H,16,18);1H. The molecule has 1 aromatic rings. The first kappa shape index (κ1) is 16.4. The van der Waals surface area contributed by atoms with E-state index in [-0.39, 0.29) is 30.3 Å². The van der Waals surface area contributed by atoms with Gasteiger partial charge >= 0.3 is 0 Å². The summed E-state index contributed by atoms with van der Waals surface area (Å²) < 4.78 is 5.23. The Labute approximate surface area is 123 Å². The maximum Gasteiger partial charge on any atom is 0.251 e. The third-order valence-electron chi connectivity index (χ3n) is 2.86. The second kappa shape index (κ2) is 7.84. The average molecular weight is 300 g/mol. The molecule has 1 aliphatic rings. The van der Waals surface area contributed by atoms with Gasteiger partial charge in [-0.25, -0.2) is 0 Å². The highest BCUT2D eigenvalue weighted by atomic mass is 35.5. The Morgan fingerprint density at radius 2 is 2.20 bits per heavy atom. The van der Waals surface area contributed by atoms with Crippen LogP contribution in [0.2, 0.25) is 0 Å². The Morgan fingerprint density at radius 1 is 1.40 bits per heavy atom. The molecule has 6 nitrogen and oxygen atoms in total. The van der Waals surface area contributed by atoms with Crippen molar-refractivity contribution in [3.05, 3.63) is 29.8 Å². The minimum Gasteiger partial charge on any atom is -0.378 e. The summed E-state index contributed by atoms with van der Waals surface area (Å²) >= 11 is 0. The van der Waals surface area contributed by atoms with Crippen molar-refractivity contribution < 1.29 is 14.3 Å². The minimum absolute atomic E-state index is 0. The summed E-state index contributed by atoms with van der Waals surface area (Å²) in [6.07, 6.45) is 0. The lowest BCUT2D eigenvalue weighted by Crippen LogP contribution is -2.48.